The number of aromatic nitrogens is 2. The molecule has 0 aliphatic rings. The summed E-state index contributed by atoms with van der Waals surface area (Å²) in [6, 6.07) is 19.3. The molecule has 0 radical (unpaired) electrons. The van der Waals surface area contributed by atoms with Crippen LogP contribution in [-0.4, -0.2) is 22.0 Å². The van der Waals surface area contributed by atoms with Gasteiger partial charge in [-0.3, -0.25) is 9.59 Å². The minimum atomic E-state index is -0.581. The van der Waals surface area contributed by atoms with Crippen molar-refractivity contribution in [1.29, 1.82) is 0 Å². The Morgan fingerprint density at radius 3 is 2.53 bits per heavy atom. The van der Waals surface area contributed by atoms with Crippen LogP contribution in [-0.2, 0) is 6.42 Å². The molecule has 3 aromatic carbocycles. The standard InChI is InChI=1S/C23H18FN3O3/c24-17-6-4-5-15(13-17)11-12-25-21(28)16-9-10-19-20(14-16)26-23(30)27(22(19)29)18-7-2-1-3-8-18/h1-10,13-14H,11-12H2,(H,25,28)(H,26,30). The number of carbonyl (C=O) groups excluding carboxylic acids is 1. The second-order valence-electron chi connectivity index (χ2n) is 6.80. The first-order chi connectivity index (χ1) is 14.5. The molecule has 0 atom stereocenters. The maximum atomic E-state index is 13.2. The first-order valence-electron chi connectivity index (χ1n) is 9.40. The molecule has 30 heavy (non-hydrogen) atoms. The van der Waals surface area contributed by atoms with Crippen LogP contribution in [0.5, 0.6) is 0 Å². The highest BCUT2D eigenvalue weighted by Gasteiger charge is 2.12. The Balaban J connectivity index is 1.57. The summed E-state index contributed by atoms with van der Waals surface area (Å²) in [6.07, 6.45) is 0.482. The molecule has 0 saturated carbocycles. The van der Waals surface area contributed by atoms with Crippen LogP contribution in [0.3, 0.4) is 0 Å². The van der Waals surface area contributed by atoms with Crippen LogP contribution in [0.1, 0.15) is 15.9 Å². The number of aromatic amines is 1. The summed E-state index contributed by atoms with van der Waals surface area (Å²) in [5, 5.41) is 3.06. The number of para-hydroxylation sites is 1. The zero-order valence-corrected chi connectivity index (χ0v) is 15.9. The number of rotatable bonds is 5. The first kappa shape index (κ1) is 19.3. The Morgan fingerprint density at radius 2 is 1.77 bits per heavy atom. The van der Waals surface area contributed by atoms with Crippen LogP contribution in [0.2, 0.25) is 0 Å². The molecule has 1 aromatic heterocycles. The van der Waals surface area contributed by atoms with Crippen molar-refractivity contribution >= 4 is 16.8 Å². The predicted molar refractivity (Wildman–Crippen MR) is 113 cm³/mol. The fraction of sp³-hybridized carbons (Fsp3) is 0.0870. The summed E-state index contributed by atoms with van der Waals surface area (Å²) in [5.74, 6) is -0.667. The summed E-state index contributed by atoms with van der Waals surface area (Å²) in [5.41, 5.74) is 0.800. The van der Waals surface area contributed by atoms with E-state index < -0.39 is 11.2 Å². The molecule has 0 aliphatic heterocycles. The van der Waals surface area contributed by atoms with Crippen LogP contribution in [0.15, 0.2) is 82.4 Å². The Labute approximate surface area is 170 Å². The smallest absolute Gasteiger partial charge is 0.333 e. The number of nitrogens with one attached hydrogen (secondary N) is 2. The van der Waals surface area contributed by atoms with Crippen LogP contribution in [0, 0.1) is 5.82 Å². The van der Waals surface area contributed by atoms with Crippen molar-refractivity contribution < 1.29 is 9.18 Å². The zero-order chi connectivity index (χ0) is 21.1. The number of fused-ring (bicyclic) bond motifs is 1. The third-order valence-electron chi connectivity index (χ3n) is 4.76. The van der Waals surface area contributed by atoms with E-state index in [4.69, 9.17) is 0 Å². The van der Waals surface area contributed by atoms with Crippen molar-refractivity contribution in [2.75, 3.05) is 6.54 Å². The highest BCUT2D eigenvalue weighted by molar-refractivity contribution is 5.97. The topological polar surface area (TPSA) is 84.0 Å². The molecular weight excluding hydrogens is 385 g/mol. The number of nitrogens with zero attached hydrogens (tertiary/aromatic N) is 1. The van der Waals surface area contributed by atoms with E-state index in [0.29, 0.717) is 29.6 Å². The molecule has 1 heterocycles. The molecule has 0 saturated heterocycles. The van der Waals surface area contributed by atoms with Gasteiger partial charge in [-0.1, -0.05) is 30.3 Å². The number of carbonyl (C=O) groups is 1. The molecule has 4 aromatic rings. The van der Waals surface area contributed by atoms with Gasteiger partial charge in [-0.05, 0) is 54.4 Å². The highest BCUT2D eigenvalue weighted by atomic mass is 19.1. The fourth-order valence-corrected chi connectivity index (χ4v) is 3.29. The van der Waals surface area contributed by atoms with Crippen LogP contribution < -0.4 is 16.6 Å². The lowest BCUT2D eigenvalue weighted by Crippen LogP contribution is -2.33. The van der Waals surface area contributed by atoms with Gasteiger partial charge < -0.3 is 10.3 Å². The summed E-state index contributed by atoms with van der Waals surface area (Å²) in [7, 11) is 0. The van der Waals surface area contributed by atoms with Crippen molar-refractivity contribution in [2.45, 2.75) is 6.42 Å². The molecule has 7 heteroatoms. The molecule has 0 fully saturated rings. The SMILES string of the molecule is O=C(NCCc1cccc(F)c1)c1ccc2c(=O)n(-c3ccccc3)c(=O)[nH]c2c1. The largest absolute Gasteiger partial charge is 0.352 e. The molecule has 0 aliphatic carbocycles. The van der Waals surface area contributed by atoms with Gasteiger partial charge in [0.2, 0.25) is 0 Å². The van der Waals surface area contributed by atoms with E-state index in [2.05, 4.69) is 10.3 Å². The highest BCUT2D eigenvalue weighted by Crippen LogP contribution is 2.11. The van der Waals surface area contributed by atoms with E-state index in [1.807, 2.05) is 0 Å². The molecule has 0 spiro atoms. The quantitative estimate of drug-likeness (QED) is 0.538. The second kappa shape index (κ2) is 8.16. The average Bonchev–Trinajstić information content (AvgIpc) is 2.74. The van der Waals surface area contributed by atoms with Crippen LogP contribution >= 0.6 is 0 Å². The summed E-state index contributed by atoms with van der Waals surface area (Å²) in [4.78, 5) is 40.4. The monoisotopic (exact) mass is 403 g/mol. The van der Waals surface area contributed by atoms with Crippen molar-refractivity contribution in [3.05, 3.63) is 111 Å². The van der Waals surface area contributed by atoms with Crippen molar-refractivity contribution in [1.82, 2.24) is 14.9 Å². The van der Waals surface area contributed by atoms with Gasteiger partial charge in [0.15, 0.2) is 0 Å². The molecule has 6 nitrogen and oxygen atoms in total. The third kappa shape index (κ3) is 3.91. The lowest BCUT2D eigenvalue weighted by atomic mass is 10.1. The maximum absolute atomic E-state index is 13.2. The van der Waals surface area contributed by atoms with Gasteiger partial charge in [0, 0.05) is 12.1 Å². The van der Waals surface area contributed by atoms with E-state index in [0.717, 1.165) is 10.1 Å². The Kier molecular flexibility index (Phi) is 5.26. The summed E-state index contributed by atoms with van der Waals surface area (Å²) < 4.78 is 14.3. The Hall–Kier alpha value is -4.00. The summed E-state index contributed by atoms with van der Waals surface area (Å²) in [6.45, 7) is 0.326. The number of hydrogen-bond donors (Lipinski definition) is 2. The van der Waals surface area contributed by atoms with E-state index in [-0.39, 0.29) is 17.2 Å². The minimum absolute atomic E-state index is 0.287. The van der Waals surface area contributed by atoms with Crippen molar-refractivity contribution in [2.24, 2.45) is 0 Å². The Morgan fingerprint density at radius 1 is 0.967 bits per heavy atom. The van der Waals surface area contributed by atoms with Crippen LogP contribution in [0.25, 0.3) is 16.6 Å². The Bertz CT molecular complexity index is 1340. The maximum Gasteiger partial charge on any atom is 0.333 e. The van der Waals surface area contributed by atoms with Gasteiger partial charge in [-0.15, -0.1) is 0 Å². The van der Waals surface area contributed by atoms with E-state index in [9.17, 15) is 18.8 Å². The molecule has 0 bridgehead atoms. The number of H-pyrrole nitrogens is 1. The van der Waals surface area contributed by atoms with E-state index >= 15 is 0 Å². The lowest BCUT2D eigenvalue weighted by molar-refractivity contribution is 0.0954. The van der Waals surface area contributed by atoms with Gasteiger partial charge in [-0.25, -0.2) is 13.8 Å². The van der Waals surface area contributed by atoms with Gasteiger partial charge >= 0.3 is 5.69 Å². The van der Waals surface area contributed by atoms with Crippen molar-refractivity contribution in [3.8, 4) is 5.69 Å². The number of benzene rings is 3. The third-order valence-corrected chi connectivity index (χ3v) is 4.76. The second-order valence-corrected chi connectivity index (χ2v) is 6.80. The molecular formula is C23H18FN3O3. The molecule has 0 unspecified atom stereocenters. The van der Waals surface area contributed by atoms with Crippen molar-refractivity contribution in [3.63, 3.8) is 0 Å². The van der Waals surface area contributed by atoms with Gasteiger partial charge in [0.1, 0.15) is 5.82 Å². The predicted octanol–water partition coefficient (Wildman–Crippen LogP) is 2.79. The normalized spacial score (nSPS) is 10.8. The van der Waals surface area contributed by atoms with E-state index in [1.165, 1.54) is 30.3 Å². The van der Waals surface area contributed by atoms with Gasteiger partial charge in [0.25, 0.3) is 11.5 Å². The van der Waals surface area contributed by atoms with Gasteiger partial charge in [-0.2, -0.15) is 0 Å². The fourth-order valence-electron chi connectivity index (χ4n) is 3.29. The van der Waals surface area contributed by atoms with Gasteiger partial charge in [0.05, 0.1) is 16.6 Å². The number of hydrogen-bond acceptors (Lipinski definition) is 3. The molecule has 1 amide bonds. The van der Waals surface area contributed by atoms with Crippen LogP contribution in [0.4, 0.5) is 4.39 Å². The molecule has 2 N–H and O–H groups in total. The summed E-state index contributed by atoms with van der Waals surface area (Å²) >= 11 is 0. The minimum Gasteiger partial charge on any atom is -0.352 e. The van der Waals surface area contributed by atoms with E-state index in [1.54, 1.807) is 42.5 Å². The lowest BCUT2D eigenvalue weighted by Gasteiger charge is -2.09. The molecule has 4 rings (SSSR count). The zero-order valence-electron chi connectivity index (χ0n) is 15.9. The average molecular weight is 403 g/mol. The first-order valence-corrected chi connectivity index (χ1v) is 9.40. The number of halogens is 1. The number of amides is 1. The molecule has 150 valence electrons.